The van der Waals surface area contributed by atoms with Crippen LogP contribution in [-0.4, -0.2) is 41.2 Å². The van der Waals surface area contributed by atoms with Gasteiger partial charge in [0.2, 0.25) is 0 Å². The summed E-state index contributed by atoms with van der Waals surface area (Å²) in [4.78, 5) is 51.0. The van der Waals surface area contributed by atoms with Crippen LogP contribution in [0.2, 0.25) is 0 Å². The monoisotopic (exact) mass is 428 g/mol. The van der Waals surface area contributed by atoms with E-state index in [9.17, 15) is 19.2 Å². The Morgan fingerprint density at radius 1 is 1.03 bits per heavy atom. The van der Waals surface area contributed by atoms with Gasteiger partial charge in [-0.05, 0) is 36.6 Å². The molecule has 0 radical (unpaired) electrons. The molecule has 1 N–H and O–H groups in total. The van der Waals surface area contributed by atoms with Gasteiger partial charge in [-0.1, -0.05) is 42.5 Å². The van der Waals surface area contributed by atoms with Gasteiger partial charge in [0.05, 0.1) is 16.7 Å². The number of imide groups is 1. The van der Waals surface area contributed by atoms with Crippen LogP contribution < -0.4 is 5.32 Å². The van der Waals surface area contributed by atoms with Crippen LogP contribution in [0.3, 0.4) is 0 Å². The van der Waals surface area contributed by atoms with Crippen LogP contribution in [0, 0.1) is 0 Å². The second kappa shape index (κ2) is 8.47. The molecule has 0 fully saturated rings. The molecule has 4 rings (SSSR count). The lowest BCUT2D eigenvalue weighted by atomic mass is 10.1. The van der Waals surface area contributed by atoms with Crippen LogP contribution in [-0.2, 0) is 9.53 Å². The third-order valence-corrected chi connectivity index (χ3v) is 5.22. The van der Waals surface area contributed by atoms with Crippen molar-refractivity contribution in [1.82, 2.24) is 4.90 Å². The molecule has 0 bridgehead atoms. The number of benzene rings is 3. The summed E-state index contributed by atoms with van der Waals surface area (Å²) in [5.41, 5.74) is 1.03. The van der Waals surface area contributed by atoms with E-state index < -0.39 is 29.8 Å². The van der Waals surface area contributed by atoms with Crippen molar-refractivity contribution in [2.45, 2.75) is 13.0 Å². The number of carbonyl (C=O) groups excluding carboxylic acids is 4. The van der Waals surface area contributed by atoms with E-state index in [0.29, 0.717) is 5.69 Å². The Morgan fingerprint density at radius 3 is 2.53 bits per heavy atom. The molecule has 0 saturated carbocycles. The molecule has 1 heterocycles. The fraction of sp³-hybridized carbons (Fsp3) is 0.120. The smallest absolute Gasteiger partial charge is 0.338 e. The van der Waals surface area contributed by atoms with Crippen LogP contribution in [0.5, 0.6) is 0 Å². The molecule has 32 heavy (non-hydrogen) atoms. The van der Waals surface area contributed by atoms with Crippen molar-refractivity contribution in [1.29, 1.82) is 0 Å². The highest BCUT2D eigenvalue weighted by atomic mass is 16.5. The van der Waals surface area contributed by atoms with Gasteiger partial charge >= 0.3 is 5.97 Å². The second-order valence-electron chi connectivity index (χ2n) is 7.33. The van der Waals surface area contributed by atoms with E-state index in [2.05, 4.69) is 11.9 Å². The van der Waals surface area contributed by atoms with E-state index in [0.717, 1.165) is 15.7 Å². The van der Waals surface area contributed by atoms with E-state index in [1.165, 1.54) is 31.2 Å². The number of esters is 1. The van der Waals surface area contributed by atoms with Gasteiger partial charge < -0.3 is 10.1 Å². The Labute approximate surface area is 184 Å². The molecule has 1 aliphatic rings. The van der Waals surface area contributed by atoms with E-state index in [1.807, 2.05) is 36.4 Å². The Balaban J connectivity index is 1.47. The van der Waals surface area contributed by atoms with Crippen LogP contribution in [0.1, 0.15) is 38.0 Å². The Bertz CT molecular complexity index is 1280. The number of nitrogens with zero attached hydrogens (tertiary/aromatic N) is 1. The van der Waals surface area contributed by atoms with Gasteiger partial charge in [-0.2, -0.15) is 0 Å². The highest BCUT2D eigenvalue weighted by Gasteiger charge is 2.35. The average Bonchev–Trinajstić information content (AvgIpc) is 3.04. The van der Waals surface area contributed by atoms with Crippen LogP contribution in [0.4, 0.5) is 5.69 Å². The Hall–Kier alpha value is -4.26. The molecule has 3 aromatic rings. The minimum absolute atomic E-state index is 0.0789. The summed E-state index contributed by atoms with van der Waals surface area (Å²) in [7, 11) is 0. The quantitative estimate of drug-likeness (QED) is 0.366. The van der Waals surface area contributed by atoms with Gasteiger partial charge in [-0.15, -0.1) is 6.58 Å². The maximum absolute atomic E-state index is 12.6. The molecule has 0 aliphatic carbocycles. The van der Waals surface area contributed by atoms with Crippen LogP contribution in [0.25, 0.3) is 10.8 Å². The van der Waals surface area contributed by atoms with Crippen molar-refractivity contribution in [3.8, 4) is 0 Å². The molecular weight excluding hydrogens is 408 g/mol. The third kappa shape index (κ3) is 3.76. The van der Waals surface area contributed by atoms with Crippen molar-refractivity contribution in [3.63, 3.8) is 0 Å². The summed E-state index contributed by atoms with van der Waals surface area (Å²) >= 11 is 0. The van der Waals surface area contributed by atoms with Gasteiger partial charge in [-0.25, -0.2) is 4.79 Å². The maximum Gasteiger partial charge on any atom is 0.338 e. The number of fused-ring (bicyclic) bond motifs is 2. The molecular formula is C25H20N2O5. The van der Waals surface area contributed by atoms with Crippen molar-refractivity contribution in [2.24, 2.45) is 0 Å². The first kappa shape index (κ1) is 21.0. The fourth-order valence-corrected chi connectivity index (χ4v) is 3.56. The van der Waals surface area contributed by atoms with E-state index >= 15 is 0 Å². The standard InChI is InChI=1S/C25H20N2O5/c1-3-13-27-23(29)19-12-11-17(14-20(19)24(27)30)25(31)32-15(2)22(28)26-21-10-6-8-16-7-4-5-9-18(16)21/h3-12,14-15H,1,13H2,2H3,(H,26,28). The first-order valence-electron chi connectivity index (χ1n) is 10.0. The minimum atomic E-state index is -1.08. The van der Waals surface area contributed by atoms with Crippen molar-refractivity contribution in [2.75, 3.05) is 11.9 Å². The Kier molecular flexibility index (Phi) is 5.55. The molecule has 0 spiro atoms. The largest absolute Gasteiger partial charge is 0.449 e. The summed E-state index contributed by atoms with van der Waals surface area (Å²) in [5.74, 6) is -2.19. The first-order chi connectivity index (χ1) is 15.4. The van der Waals surface area contributed by atoms with Gasteiger partial charge in [0.15, 0.2) is 6.10 Å². The highest BCUT2D eigenvalue weighted by Crippen LogP contribution is 2.25. The third-order valence-electron chi connectivity index (χ3n) is 5.22. The lowest BCUT2D eigenvalue weighted by Gasteiger charge is -2.15. The Morgan fingerprint density at radius 2 is 1.75 bits per heavy atom. The number of ether oxygens (including phenoxy) is 1. The number of nitrogens with one attached hydrogen (secondary N) is 1. The zero-order valence-electron chi connectivity index (χ0n) is 17.3. The number of amides is 3. The van der Waals surface area contributed by atoms with E-state index in [1.54, 1.807) is 6.07 Å². The van der Waals surface area contributed by atoms with Crippen LogP contribution >= 0.6 is 0 Å². The molecule has 1 unspecified atom stereocenters. The average molecular weight is 428 g/mol. The molecule has 3 amide bonds. The van der Waals surface area contributed by atoms with Crippen LogP contribution in [0.15, 0.2) is 73.3 Å². The highest BCUT2D eigenvalue weighted by molar-refractivity contribution is 6.22. The van der Waals surface area contributed by atoms with Gasteiger partial charge in [0.1, 0.15) is 0 Å². The van der Waals surface area contributed by atoms with Gasteiger partial charge in [0.25, 0.3) is 17.7 Å². The first-order valence-corrected chi connectivity index (χ1v) is 10.0. The lowest BCUT2D eigenvalue weighted by molar-refractivity contribution is -0.123. The zero-order chi connectivity index (χ0) is 22.8. The molecule has 7 nitrogen and oxygen atoms in total. The SMILES string of the molecule is C=CCN1C(=O)c2ccc(C(=O)OC(C)C(=O)Nc3cccc4ccccc34)cc2C1=O. The van der Waals surface area contributed by atoms with Crippen molar-refractivity contribution < 1.29 is 23.9 Å². The molecule has 1 aliphatic heterocycles. The number of carbonyl (C=O) groups is 4. The normalized spacial score (nSPS) is 13.6. The number of rotatable bonds is 6. The van der Waals surface area contributed by atoms with E-state index in [4.69, 9.17) is 4.74 Å². The predicted octanol–water partition coefficient (Wildman–Crippen LogP) is 3.81. The molecule has 3 aromatic carbocycles. The predicted molar refractivity (Wildman–Crippen MR) is 119 cm³/mol. The lowest BCUT2D eigenvalue weighted by Crippen LogP contribution is -2.30. The van der Waals surface area contributed by atoms with Crippen molar-refractivity contribution in [3.05, 3.63) is 90.0 Å². The maximum atomic E-state index is 12.6. The zero-order valence-corrected chi connectivity index (χ0v) is 17.3. The summed E-state index contributed by atoms with van der Waals surface area (Å²) in [5, 5.41) is 4.62. The number of hydrogen-bond donors (Lipinski definition) is 1. The summed E-state index contributed by atoms with van der Waals surface area (Å²) in [6.07, 6.45) is 0.372. The number of anilines is 1. The summed E-state index contributed by atoms with van der Waals surface area (Å²) in [6, 6.07) is 17.3. The summed E-state index contributed by atoms with van der Waals surface area (Å²) < 4.78 is 5.30. The van der Waals surface area contributed by atoms with Gasteiger partial charge in [0, 0.05) is 17.6 Å². The minimum Gasteiger partial charge on any atom is -0.449 e. The molecule has 0 aromatic heterocycles. The van der Waals surface area contributed by atoms with Gasteiger partial charge in [-0.3, -0.25) is 19.3 Å². The topological polar surface area (TPSA) is 92.8 Å². The molecule has 1 atom stereocenters. The van der Waals surface area contributed by atoms with Crippen molar-refractivity contribution >= 4 is 40.2 Å². The molecule has 0 saturated heterocycles. The summed E-state index contributed by atoms with van der Waals surface area (Å²) in [6.45, 7) is 5.08. The second-order valence-corrected chi connectivity index (χ2v) is 7.33. The van der Waals surface area contributed by atoms with E-state index in [-0.39, 0.29) is 23.2 Å². The molecule has 160 valence electrons. The molecule has 7 heteroatoms. The number of hydrogen-bond acceptors (Lipinski definition) is 5. The fourth-order valence-electron chi connectivity index (χ4n) is 3.56.